The number of ether oxygens (including phenoxy) is 4. The van der Waals surface area contributed by atoms with Crippen LogP contribution in [-0.2, 0) is 27.8 Å². The van der Waals surface area contributed by atoms with Crippen LogP contribution in [0, 0.1) is 0 Å². The second-order valence-electron chi connectivity index (χ2n) is 4.31. The fraction of sp³-hybridized carbons (Fsp3) is 1.00. The zero-order valence-corrected chi connectivity index (χ0v) is 16.6. The van der Waals surface area contributed by atoms with Gasteiger partial charge in [0.1, 0.15) is 2.82 Å². The van der Waals surface area contributed by atoms with E-state index in [1.807, 2.05) is 13.1 Å². The van der Waals surface area contributed by atoms with E-state index in [9.17, 15) is 0 Å². The third kappa shape index (κ3) is 20.7. The molecule has 0 aliphatic carbocycles. The first-order valence-corrected chi connectivity index (χ1v) is 10.5. The summed E-state index contributed by atoms with van der Waals surface area (Å²) < 4.78 is 44.4. The third-order valence-corrected chi connectivity index (χ3v) is 4.02. The molecule has 0 amide bonds. The number of nitrogens with two attached hydrogens (primary N) is 1. The summed E-state index contributed by atoms with van der Waals surface area (Å²) in [5.74, 6) is 0. The molecule has 0 spiro atoms. The van der Waals surface area contributed by atoms with Crippen molar-refractivity contribution in [2.75, 3.05) is 67.1 Å². The predicted molar refractivity (Wildman–Crippen MR) is 93.0 cm³/mol. The molecule has 9 heteroatoms. The van der Waals surface area contributed by atoms with Crippen molar-refractivity contribution in [2.24, 2.45) is 3.93 Å². The maximum atomic E-state index is 6.07. The van der Waals surface area contributed by atoms with Gasteiger partial charge in [-0.25, -0.2) is 0 Å². The second kappa shape index (κ2) is 18.7. The van der Waals surface area contributed by atoms with Gasteiger partial charge in [0.15, 0.2) is 0 Å². The van der Waals surface area contributed by atoms with Crippen LogP contribution in [0.3, 0.4) is 0 Å². The molecule has 0 rings (SSSR count). The van der Waals surface area contributed by atoms with E-state index in [-0.39, 0.29) is 0 Å². The second-order valence-corrected chi connectivity index (χ2v) is 7.68. The van der Waals surface area contributed by atoms with Crippen molar-refractivity contribution in [1.29, 1.82) is 0 Å². The van der Waals surface area contributed by atoms with Gasteiger partial charge in [-0.2, -0.15) is 0 Å². The van der Waals surface area contributed by atoms with Crippen molar-refractivity contribution in [3.63, 3.8) is 0 Å². The Hall–Kier alpha value is 0.667. The lowest BCUT2D eigenvalue weighted by molar-refractivity contribution is 0.0333. The average Bonchev–Trinajstić information content (AvgIpc) is 2.46. The quantitative estimate of drug-likeness (QED) is 0.189. The monoisotopic (exact) mass is 441 g/mol. The lowest BCUT2D eigenvalue weighted by Crippen LogP contribution is -2.37. The Morgan fingerprint density at radius 3 is 1.48 bits per heavy atom. The molecule has 0 radical (unpaired) electrons. The van der Waals surface area contributed by atoms with E-state index < -0.39 is 8.56 Å². The van der Waals surface area contributed by atoms with Gasteiger partial charge >= 0.3 is 8.56 Å². The van der Waals surface area contributed by atoms with Crippen LogP contribution in [0.15, 0.2) is 0 Å². The summed E-state index contributed by atoms with van der Waals surface area (Å²) in [6.45, 7) is 8.65. The smallest absolute Gasteiger partial charge is 0.331 e. The van der Waals surface area contributed by atoms with Crippen LogP contribution in [0.2, 0.25) is 15.9 Å². The minimum Gasteiger partial charge on any atom is -0.392 e. The lowest BCUT2D eigenvalue weighted by atomic mass is 10.7. The molecule has 130 valence electrons. The molecule has 0 aliphatic rings. The van der Waals surface area contributed by atoms with Gasteiger partial charge in [0.05, 0.1) is 52.9 Å². The summed E-state index contributed by atoms with van der Waals surface area (Å²) in [6, 6.07) is 0. The standard InChI is InChI=1S/C12H28O6Si.H2IN/c1-13-5-7-15-9-11-17-19(3,4)18-12-10-16-8-6-14-2;1-2/h5-12H2,1-4H3;2H2/i/hD2. The fourth-order valence-electron chi connectivity index (χ4n) is 1.22. The number of hydrogen-bond donors (Lipinski definition) is 1. The fourth-order valence-corrected chi connectivity index (χ4v) is 2.46. The van der Waals surface area contributed by atoms with Crippen molar-refractivity contribution in [3.8, 4) is 0 Å². The molecule has 0 saturated carbocycles. The molecular weight excluding hydrogens is 409 g/mol. The highest BCUT2D eigenvalue weighted by atomic mass is 127. The summed E-state index contributed by atoms with van der Waals surface area (Å²) in [5, 5.41) is 0. The third-order valence-electron chi connectivity index (χ3n) is 2.22. The number of methoxy groups -OCH3 is 2. The SMILES string of the molecule is COCCOCCO[Si](C)(C)OCCOCCOC.[2H]N([2H])I. The maximum Gasteiger partial charge on any atom is 0.331 e. The molecular formula is C12H30INO6Si. The molecule has 2 N–H and O–H groups in total. The van der Waals surface area contributed by atoms with Crippen LogP contribution in [0.5, 0.6) is 0 Å². The first-order valence-electron chi connectivity index (χ1n) is 7.60. The summed E-state index contributed by atoms with van der Waals surface area (Å²) in [7, 11) is 1.24. The van der Waals surface area contributed by atoms with Crippen molar-refractivity contribution in [3.05, 3.63) is 0 Å². The minimum absolute atomic E-state index is 0.470. The first-order chi connectivity index (χ1) is 10.9. The van der Waals surface area contributed by atoms with Crippen LogP contribution in [-0.4, -0.2) is 75.6 Å². The van der Waals surface area contributed by atoms with E-state index in [1.165, 1.54) is 22.9 Å². The van der Waals surface area contributed by atoms with Gasteiger partial charge in [0.2, 0.25) is 0 Å². The summed E-state index contributed by atoms with van der Waals surface area (Å²) in [6.07, 6.45) is 0. The first kappa shape index (κ1) is 19.7. The molecule has 21 heavy (non-hydrogen) atoms. The topological polar surface area (TPSA) is 81.4 Å². The Labute approximate surface area is 146 Å². The molecule has 0 saturated heterocycles. The Bertz CT molecular complexity index is 225. The van der Waals surface area contributed by atoms with Gasteiger partial charge in [-0.3, -0.25) is 3.93 Å². The molecule has 0 atom stereocenters. The Balaban J connectivity index is 0. The van der Waals surface area contributed by atoms with Gasteiger partial charge in [0.25, 0.3) is 0 Å². The zero-order chi connectivity index (χ0) is 18.0. The van der Waals surface area contributed by atoms with Crippen LogP contribution in [0.25, 0.3) is 0 Å². The van der Waals surface area contributed by atoms with Crippen molar-refractivity contribution in [1.82, 2.24) is 0 Å². The van der Waals surface area contributed by atoms with E-state index in [4.69, 9.17) is 30.6 Å². The molecule has 0 aromatic carbocycles. The Kier molecular flexibility index (Phi) is 17.6. The molecule has 0 aromatic rings. The summed E-state index contributed by atoms with van der Waals surface area (Å²) >= 11 is 1.51. The minimum atomic E-state index is -2.06. The van der Waals surface area contributed by atoms with Crippen LogP contribution in [0.4, 0.5) is 0 Å². The van der Waals surface area contributed by atoms with Gasteiger partial charge in [0, 0.05) is 37.1 Å². The predicted octanol–water partition coefficient (Wildman–Crippen LogP) is 1.34. The molecule has 7 nitrogen and oxygen atoms in total. The van der Waals surface area contributed by atoms with Crippen molar-refractivity contribution < 1.29 is 30.6 Å². The van der Waals surface area contributed by atoms with Crippen LogP contribution >= 0.6 is 22.9 Å². The van der Waals surface area contributed by atoms with Gasteiger partial charge in [-0.15, -0.1) is 0 Å². The normalized spacial score (nSPS) is 12.7. The van der Waals surface area contributed by atoms with Gasteiger partial charge < -0.3 is 27.8 Å². The molecule has 0 unspecified atom stereocenters. The number of hydrogen-bond acceptors (Lipinski definition) is 7. The Morgan fingerprint density at radius 2 is 1.14 bits per heavy atom. The van der Waals surface area contributed by atoms with E-state index in [0.717, 1.165) is 0 Å². The van der Waals surface area contributed by atoms with Gasteiger partial charge in [-0.1, -0.05) is 0 Å². The van der Waals surface area contributed by atoms with Gasteiger partial charge in [-0.05, 0) is 13.1 Å². The van der Waals surface area contributed by atoms with Crippen LogP contribution in [0.1, 0.15) is 0 Å². The maximum absolute atomic E-state index is 6.07. The Morgan fingerprint density at radius 1 is 0.810 bits per heavy atom. The molecule has 0 heterocycles. The van der Waals surface area contributed by atoms with E-state index in [2.05, 4.69) is 0 Å². The number of rotatable bonds is 14. The molecule has 0 bridgehead atoms. The largest absolute Gasteiger partial charge is 0.392 e. The molecule has 0 aliphatic heterocycles. The van der Waals surface area contributed by atoms with E-state index in [0.29, 0.717) is 56.8 Å². The van der Waals surface area contributed by atoms with E-state index in [1.54, 1.807) is 14.2 Å². The summed E-state index contributed by atoms with van der Waals surface area (Å²) in [5.41, 5.74) is 0. The van der Waals surface area contributed by atoms with E-state index >= 15 is 0 Å². The highest BCUT2D eigenvalue weighted by Gasteiger charge is 2.23. The van der Waals surface area contributed by atoms with Crippen LogP contribution < -0.4 is 3.93 Å². The molecule has 0 aromatic heterocycles. The van der Waals surface area contributed by atoms with Crippen molar-refractivity contribution >= 4 is 31.4 Å². The van der Waals surface area contributed by atoms with Crippen molar-refractivity contribution in [2.45, 2.75) is 13.1 Å². The lowest BCUT2D eigenvalue weighted by Gasteiger charge is -2.22. The summed E-state index contributed by atoms with van der Waals surface area (Å²) in [4.78, 5) is 0. The highest BCUT2D eigenvalue weighted by Crippen LogP contribution is 2.05. The highest BCUT2D eigenvalue weighted by molar-refractivity contribution is 14.1. The molecule has 0 fully saturated rings. The number of halogens is 1. The average molecular weight is 441 g/mol. The zero-order valence-electron chi connectivity index (χ0n) is 15.4.